The first-order chi connectivity index (χ1) is 11.3. The summed E-state index contributed by atoms with van der Waals surface area (Å²) in [5, 5.41) is 0. The highest BCUT2D eigenvalue weighted by Crippen LogP contribution is 2.19. The van der Waals surface area contributed by atoms with E-state index in [1.54, 1.807) is 0 Å². The third kappa shape index (κ3) is 10.8. The molecule has 0 heterocycles. The summed E-state index contributed by atoms with van der Waals surface area (Å²) in [6.07, 6.45) is 9.70. The zero-order valence-corrected chi connectivity index (χ0v) is 16.9. The van der Waals surface area contributed by atoms with Crippen LogP contribution in [0, 0.1) is 11.8 Å². The Hall–Kier alpha value is -0.930. The Morgan fingerprint density at radius 1 is 1.33 bits per heavy atom. The summed E-state index contributed by atoms with van der Waals surface area (Å²) < 4.78 is 20.1. The van der Waals surface area contributed by atoms with Crippen molar-refractivity contribution in [2.45, 2.75) is 53.9 Å². The number of hydrogen-bond acceptors (Lipinski definition) is 2. The maximum Gasteiger partial charge on any atom is 0.167 e. The number of rotatable bonds is 12. The molecule has 0 aromatic rings. The fourth-order valence-corrected chi connectivity index (χ4v) is 3.03. The second kappa shape index (κ2) is 13.4. The largest absolute Gasteiger partial charge is 0.305 e. The van der Waals surface area contributed by atoms with Crippen molar-refractivity contribution in [1.29, 1.82) is 0 Å². The summed E-state index contributed by atoms with van der Waals surface area (Å²) in [4.78, 5) is 2.08. The summed E-state index contributed by atoms with van der Waals surface area (Å²) >= 11 is -1.75. The Kier molecular flexibility index (Phi) is 12.9. The standard InChI is InChI=1S/C20H35NO2S/c1-7-13-21(16-24(22)23)14-12-18(5)19(6)15-20(9-3)11-10-17(4)8-2/h10-11,15,18,20H,2,7,9,12-14,16H2,1,3-6H3,(H,22,23)/b11-10-,19-15+. The van der Waals surface area contributed by atoms with Gasteiger partial charge >= 0.3 is 0 Å². The van der Waals surface area contributed by atoms with Crippen molar-refractivity contribution in [3.8, 4) is 0 Å². The molecular formula is C20H35NO2S. The van der Waals surface area contributed by atoms with Crippen molar-refractivity contribution >= 4 is 11.1 Å². The van der Waals surface area contributed by atoms with Crippen molar-refractivity contribution in [3.63, 3.8) is 0 Å². The predicted molar refractivity (Wildman–Crippen MR) is 106 cm³/mol. The lowest BCUT2D eigenvalue weighted by Gasteiger charge is -2.22. The van der Waals surface area contributed by atoms with Gasteiger partial charge in [0.05, 0.1) is 0 Å². The van der Waals surface area contributed by atoms with Gasteiger partial charge in [0.15, 0.2) is 11.1 Å². The van der Waals surface area contributed by atoms with E-state index in [4.69, 9.17) is 4.55 Å². The van der Waals surface area contributed by atoms with Gasteiger partial charge in [0.1, 0.15) is 5.88 Å². The highest BCUT2D eigenvalue weighted by molar-refractivity contribution is 7.79. The fraction of sp³-hybridized carbons (Fsp3) is 0.650. The Morgan fingerprint density at radius 3 is 2.50 bits per heavy atom. The van der Waals surface area contributed by atoms with E-state index in [2.05, 4.69) is 63.1 Å². The van der Waals surface area contributed by atoms with Crippen LogP contribution in [0.4, 0.5) is 0 Å². The van der Waals surface area contributed by atoms with E-state index >= 15 is 0 Å². The maximum absolute atomic E-state index is 11.0. The van der Waals surface area contributed by atoms with Crippen LogP contribution >= 0.6 is 0 Å². The topological polar surface area (TPSA) is 40.5 Å². The number of allylic oxidation sites excluding steroid dienone is 5. The molecule has 0 aliphatic carbocycles. The van der Waals surface area contributed by atoms with Crippen LogP contribution in [0.5, 0.6) is 0 Å². The Bertz CT molecular complexity index is 490. The van der Waals surface area contributed by atoms with Crippen LogP contribution in [0.2, 0.25) is 0 Å². The van der Waals surface area contributed by atoms with Gasteiger partial charge in [-0.1, -0.05) is 51.2 Å². The van der Waals surface area contributed by atoms with Gasteiger partial charge in [-0.3, -0.25) is 4.90 Å². The van der Waals surface area contributed by atoms with Gasteiger partial charge in [0.25, 0.3) is 0 Å². The molecule has 0 fully saturated rings. The average Bonchev–Trinajstić information content (AvgIpc) is 2.55. The van der Waals surface area contributed by atoms with Gasteiger partial charge in [-0.2, -0.15) is 0 Å². The summed E-state index contributed by atoms with van der Waals surface area (Å²) in [6, 6.07) is 0. The molecule has 3 nitrogen and oxygen atoms in total. The molecule has 0 amide bonds. The van der Waals surface area contributed by atoms with E-state index in [-0.39, 0.29) is 5.88 Å². The molecule has 0 aliphatic rings. The molecule has 3 atom stereocenters. The minimum Gasteiger partial charge on any atom is -0.305 e. The molecule has 3 unspecified atom stereocenters. The Balaban J connectivity index is 4.70. The lowest BCUT2D eigenvalue weighted by molar-refractivity contribution is 0.294. The van der Waals surface area contributed by atoms with Crippen molar-refractivity contribution in [2.75, 3.05) is 19.0 Å². The molecule has 0 radical (unpaired) electrons. The van der Waals surface area contributed by atoms with Crippen LogP contribution in [0.1, 0.15) is 53.9 Å². The lowest BCUT2D eigenvalue weighted by Crippen LogP contribution is -2.30. The Morgan fingerprint density at radius 2 is 2.00 bits per heavy atom. The smallest absolute Gasteiger partial charge is 0.167 e. The van der Waals surface area contributed by atoms with E-state index in [9.17, 15) is 4.21 Å². The second-order valence-corrected chi connectivity index (χ2v) is 7.36. The minimum atomic E-state index is -1.75. The van der Waals surface area contributed by atoms with E-state index in [0.29, 0.717) is 11.8 Å². The first-order valence-corrected chi connectivity index (χ1v) is 10.1. The molecule has 4 heteroatoms. The molecule has 0 aromatic heterocycles. The van der Waals surface area contributed by atoms with Crippen molar-refractivity contribution in [3.05, 3.63) is 41.7 Å². The van der Waals surface area contributed by atoms with E-state index in [1.165, 1.54) is 5.57 Å². The normalized spacial score (nSPS) is 16.2. The molecular weight excluding hydrogens is 318 g/mol. The van der Waals surface area contributed by atoms with Crippen molar-refractivity contribution in [2.24, 2.45) is 11.8 Å². The number of nitrogens with zero attached hydrogens (tertiary/aromatic N) is 1. The first kappa shape index (κ1) is 23.1. The van der Waals surface area contributed by atoms with Crippen LogP contribution in [-0.4, -0.2) is 32.6 Å². The van der Waals surface area contributed by atoms with E-state index in [0.717, 1.165) is 37.9 Å². The zero-order valence-electron chi connectivity index (χ0n) is 16.0. The van der Waals surface area contributed by atoms with Crippen LogP contribution in [-0.2, 0) is 11.1 Å². The molecule has 24 heavy (non-hydrogen) atoms. The minimum absolute atomic E-state index is 0.247. The first-order valence-electron chi connectivity index (χ1n) is 8.86. The van der Waals surface area contributed by atoms with Gasteiger partial charge in [-0.15, -0.1) is 5.73 Å². The Labute approximate surface area is 151 Å². The lowest BCUT2D eigenvalue weighted by atomic mass is 9.93. The molecule has 0 saturated carbocycles. The third-order valence-corrected chi connectivity index (χ3v) is 4.90. The van der Waals surface area contributed by atoms with E-state index < -0.39 is 11.1 Å². The third-order valence-electron chi connectivity index (χ3n) is 4.31. The molecule has 0 aliphatic heterocycles. The van der Waals surface area contributed by atoms with Gasteiger partial charge < -0.3 is 4.55 Å². The molecule has 0 bridgehead atoms. The second-order valence-electron chi connectivity index (χ2n) is 6.46. The van der Waals surface area contributed by atoms with Gasteiger partial charge in [-0.25, -0.2) is 4.21 Å². The quantitative estimate of drug-likeness (QED) is 0.228. The zero-order chi connectivity index (χ0) is 18.5. The van der Waals surface area contributed by atoms with Crippen LogP contribution < -0.4 is 0 Å². The highest BCUT2D eigenvalue weighted by Gasteiger charge is 2.11. The summed E-state index contributed by atoms with van der Waals surface area (Å²) in [5.74, 6) is 1.14. The van der Waals surface area contributed by atoms with Crippen molar-refractivity contribution < 1.29 is 8.76 Å². The van der Waals surface area contributed by atoms with Crippen LogP contribution in [0.15, 0.2) is 41.7 Å². The van der Waals surface area contributed by atoms with Crippen LogP contribution in [0.3, 0.4) is 0 Å². The van der Waals surface area contributed by atoms with Gasteiger partial charge in [-0.05, 0) is 63.6 Å². The highest BCUT2D eigenvalue weighted by atomic mass is 32.2. The van der Waals surface area contributed by atoms with Crippen LogP contribution in [0.25, 0.3) is 0 Å². The van der Waals surface area contributed by atoms with Gasteiger partial charge in [0.2, 0.25) is 0 Å². The SMILES string of the molecule is C=C=C(C)/C=C\C(/C=C(\C)C(C)CCN(CCC)CS(=O)O)CC. The predicted octanol–water partition coefficient (Wildman–Crippen LogP) is 5.16. The monoisotopic (exact) mass is 353 g/mol. The molecule has 1 N–H and O–H groups in total. The molecule has 0 spiro atoms. The van der Waals surface area contributed by atoms with E-state index in [1.807, 2.05) is 6.92 Å². The average molecular weight is 354 g/mol. The molecule has 0 rings (SSSR count). The summed E-state index contributed by atoms with van der Waals surface area (Å²) in [5.41, 5.74) is 5.33. The van der Waals surface area contributed by atoms with Gasteiger partial charge in [0, 0.05) is 0 Å². The summed E-state index contributed by atoms with van der Waals surface area (Å²) in [7, 11) is 0. The molecule has 0 aromatic carbocycles. The molecule has 138 valence electrons. The summed E-state index contributed by atoms with van der Waals surface area (Å²) in [6.45, 7) is 16.1. The fourth-order valence-electron chi connectivity index (χ4n) is 2.46. The number of hydrogen-bond donors (Lipinski definition) is 1. The molecule has 0 saturated heterocycles. The maximum atomic E-state index is 11.0. The van der Waals surface area contributed by atoms with Crippen molar-refractivity contribution in [1.82, 2.24) is 4.90 Å².